The number of rotatable bonds is 6. The molecule has 0 aliphatic carbocycles. The van der Waals surface area contributed by atoms with Crippen LogP contribution in [0.4, 0.5) is 5.88 Å². The Balaban J connectivity index is 1.90. The van der Waals surface area contributed by atoms with E-state index in [4.69, 9.17) is 25.5 Å². The van der Waals surface area contributed by atoms with Crippen molar-refractivity contribution in [2.45, 2.75) is 26.2 Å². The summed E-state index contributed by atoms with van der Waals surface area (Å²) in [4.78, 5) is 6.83. The molecule has 1 saturated heterocycles. The van der Waals surface area contributed by atoms with Gasteiger partial charge in [0.1, 0.15) is 0 Å². The Morgan fingerprint density at radius 3 is 2.45 bits per heavy atom. The molecule has 0 amide bonds. The molecule has 1 atom stereocenters. The van der Waals surface area contributed by atoms with Crippen LogP contribution < -0.4 is 15.6 Å². The summed E-state index contributed by atoms with van der Waals surface area (Å²) in [5, 5.41) is 1.15. The normalized spacial score (nSPS) is 16.6. The highest BCUT2D eigenvalue weighted by Gasteiger charge is 2.38. The summed E-state index contributed by atoms with van der Waals surface area (Å²) in [6.07, 6.45) is 3.30. The minimum Gasteiger partial charge on any atom is -0.420 e. The van der Waals surface area contributed by atoms with Crippen molar-refractivity contribution in [1.82, 2.24) is 4.98 Å². The molecule has 1 aliphatic heterocycles. The van der Waals surface area contributed by atoms with Gasteiger partial charge in [0.2, 0.25) is 11.8 Å². The lowest BCUT2D eigenvalue weighted by Crippen LogP contribution is -2.34. The van der Waals surface area contributed by atoms with Gasteiger partial charge in [-0.3, -0.25) is 4.57 Å². The van der Waals surface area contributed by atoms with E-state index in [0.29, 0.717) is 39.7 Å². The SMILES string of the molecule is CCO[P@@](=O)(c1ccccc1)c1nc(-c2ccccc2Cl)oc1N1CCCCC1. The minimum absolute atomic E-state index is 0.305. The summed E-state index contributed by atoms with van der Waals surface area (Å²) in [5.74, 6) is 0.891. The van der Waals surface area contributed by atoms with Gasteiger partial charge in [-0.2, -0.15) is 0 Å². The second-order valence-corrected chi connectivity index (χ2v) is 9.69. The molecule has 2 heterocycles. The standard InChI is InChI=1S/C22H24ClN2O3P/c1-2-27-29(26,17-11-5-3-6-12-17)21-22(25-15-9-4-10-16-25)28-20(24-21)18-13-7-8-14-19(18)23/h3,5-8,11-14H,2,4,9-10,15-16H2,1H3/t29-/m0/s1. The van der Waals surface area contributed by atoms with E-state index in [-0.39, 0.29) is 0 Å². The number of oxazole rings is 1. The second-order valence-electron chi connectivity index (χ2n) is 6.98. The molecule has 0 radical (unpaired) electrons. The molecular weight excluding hydrogens is 407 g/mol. The van der Waals surface area contributed by atoms with Crippen LogP contribution >= 0.6 is 19.0 Å². The summed E-state index contributed by atoms with van der Waals surface area (Å²) >= 11 is 6.38. The molecule has 1 aromatic heterocycles. The molecule has 0 N–H and O–H groups in total. The van der Waals surface area contributed by atoms with E-state index in [1.54, 1.807) is 6.07 Å². The van der Waals surface area contributed by atoms with Crippen LogP contribution in [0.1, 0.15) is 26.2 Å². The van der Waals surface area contributed by atoms with Crippen LogP contribution in [-0.4, -0.2) is 24.7 Å². The number of benzene rings is 2. The van der Waals surface area contributed by atoms with Crippen LogP contribution in [0.3, 0.4) is 0 Å². The number of anilines is 1. The molecule has 0 spiro atoms. The number of piperidine rings is 1. The van der Waals surface area contributed by atoms with Gasteiger partial charge in [0, 0.05) is 18.4 Å². The first-order valence-electron chi connectivity index (χ1n) is 9.95. The first-order valence-corrected chi connectivity index (χ1v) is 11.9. The van der Waals surface area contributed by atoms with E-state index in [1.807, 2.05) is 55.5 Å². The Morgan fingerprint density at radius 2 is 1.76 bits per heavy atom. The van der Waals surface area contributed by atoms with Crippen LogP contribution in [0.15, 0.2) is 59.0 Å². The molecule has 7 heteroatoms. The molecule has 2 aromatic carbocycles. The first-order chi connectivity index (χ1) is 14.1. The highest BCUT2D eigenvalue weighted by atomic mass is 35.5. The Labute approximate surface area is 176 Å². The Morgan fingerprint density at radius 1 is 1.07 bits per heavy atom. The third kappa shape index (κ3) is 4.00. The van der Waals surface area contributed by atoms with Crippen molar-refractivity contribution in [3.63, 3.8) is 0 Å². The van der Waals surface area contributed by atoms with Crippen molar-refractivity contribution in [2.24, 2.45) is 0 Å². The molecule has 4 rings (SSSR count). The molecular formula is C22H24ClN2O3P. The summed E-state index contributed by atoms with van der Waals surface area (Å²) in [7, 11) is -3.43. The van der Waals surface area contributed by atoms with Gasteiger partial charge in [-0.25, -0.2) is 4.98 Å². The Kier molecular flexibility index (Phi) is 6.09. The lowest BCUT2D eigenvalue weighted by molar-refractivity contribution is 0.347. The number of halogens is 1. The van der Waals surface area contributed by atoms with Crippen molar-refractivity contribution in [3.05, 3.63) is 59.6 Å². The van der Waals surface area contributed by atoms with Gasteiger partial charge >= 0.3 is 0 Å². The maximum atomic E-state index is 14.2. The predicted molar refractivity (Wildman–Crippen MR) is 118 cm³/mol. The lowest BCUT2D eigenvalue weighted by atomic mass is 10.1. The smallest absolute Gasteiger partial charge is 0.284 e. The van der Waals surface area contributed by atoms with E-state index in [9.17, 15) is 4.57 Å². The highest BCUT2D eigenvalue weighted by Crippen LogP contribution is 2.48. The van der Waals surface area contributed by atoms with Crippen LogP contribution in [0.2, 0.25) is 5.02 Å². The molecule has 5 nitrogen and oxygen atoms in total. The summed E-state index contributed by atoms with van der Waals surface area (Å²) < 4.78 is 26.3. The van der Waals surface area contributed by atoms with Crippen LogP contribution in [-0.2, 0) is 9.09 Å². The number of aromatic nitrogens is 1. The van der Waals surface area contributed by atoms with Crippen molar-refractivity contribution in [1.29, 1.82) is 0 Å². The topological polar surface area (TPSA) is 55.6 Å². The fraction of sp³-hybridized carbons (Fsp3) is 0.318. The van der Waals surface area contributed by atoms with E-state index < -0.39 is 7.37 Å². The Bertz CT molecular complexity index is 1020. The third-order valence-electron chi connectivity index (χ3n) is 5.03. The summed E-state index contributed by atoms with van der Waals surface area (Å²) in [5.41, 5.74) is 1.04. The second kappa shape index (κ2) is 8.74. The highest BCUT2D eigenvalue weighted by molar-refractivity contribution is 7.74. The zero-order valence-electron chi connectivity index (χ0n) is 16.4. The van der Waals surface area contributed by atoms with Crippen molar-refractivity contribution >= 4 is 35.6 Å². The molecule has 152 valence electrons. The zero-order chi connectivity index (χ0) is 20.3. The molecule has 0 unspecified atom stereocenters. The third-order valence-corrected chi connectivity index (χ3v) is 7.80. The van der Waals surface area contributed by atoms with Crippen molar-refractivity contribution < 1.29 is 13.5 Å². The van der Waals surface area contributed by atoms with Crippen LogP contribution in [0.25, 0.3) is 11.5 Å². The fourth-order valence-electron chi connectivity index (χ4n) is 3.61. The molecule has 0 saturated carbocycles. The summed E-state index contributed by atoms with van der Waals surface area (Å²) in [6, 6.07) is 16.6. The van der Waals surface area contributed by atoms with Gasteiger partial charge in [-0.15, -0.1) is 0 Å². The molecule has 3 aromatic rings. The van der Waals surface area contributed by atoms with E-state index in [1.165, 1.54) is 6.42 Å². The molecule has 1 fully saturated rings. The average molecular weight is 431 g/mol. The van der Waals surface area contributed by atoms with Gasteiger partial charge in [-0.05, 0) is 50.5 Å². The zero-order valence-corrected chi connectivity index (χ0v) is 18.0. The van der Waals surface area contributed by atoms with E-state index in [0.717, 1.165) is 25.9 Å². The van der Waals surface area contributed by atoms with Gasteiger partial charge in [-0.1, -0.05) is 41.9 Å². The quantitative estimate of drug-likeness (QED) is 0.500. The van der Waals surface area contributed by atoms with E-state index >= 15 is 0 Å². The number of nitrogens with zero attached hydrogens (tertiary/aromatic N) is 2. The lowest BCUT2D eigenvalue weighted by Gasteiger charge is -2.28. The van der Waals surface area contributed by atoms with Crippen LogP contribution in [0, 0.1) is 0 Å². The molecule has 1 aliphatic rings. The first kappa shape index (κ1) is 20.2. The average Bonchev–Trinajstić information content (AvgIpc) is 3.21. The van der Waals surface area contributed by atoms with E-state index in [2.05, 4.69) is 4.90 Å². The van der Waals surface area contributed by atoms with Gasteiger partial charge in [0.05, 0.1) is 17.2 Å². The van der Waals surface area contributed by atoms with Crippen molar-refractivity contribution in [2.75, 3.05) is 24.6 Å². The van der Waals surface area contributed by atoms with Gasteiger partial charge in [0.15, 0.2) is 5.44 Å². The van der Waals surface area contributed by atoms with Gasteiger partial charge < -0.3 is 13.8 Å². The van der Waals surface area contributed by atoms with Crippen LogP contribution in [0.5, 0.6) is 0 Å². The monoisotopic (exact) mass is 430 g/mol. The predicted octanol–water partition coefficient (Wildman–Crippen LogP) is 5.25. The maximum Gasteiger partial charge on any atom is 0.284 e. The molecule has 29 heavy (non-hydrogen) atoms. The maximum absolute atomic E-state index is 14.2. The molecule has 0 bridgehead atoms. The Hall–Kier alpha value is -2.07. The largest absolute Gasteiger partial charge is 0.420 e. The number of hydrogen-bond donors (Lipinski definition) is 0. The van der Waals surface area contributed by atoms with Gasteiger partial charge in [0.25, 0.3) is 7.37 Å². The minimum atomic E-state index is -3.43. The summed E-state index contributed by atoms with van der Waals surface area (Å²) in [6.45, 7) is 3.82. The van der Waals surface area contributed by atoms with Crippen molar-refractivity contribution in [3.8, 4) is 11.5 Å². The fourth-order valence-corrected chi connectivity index (χ4v) is 5.93. The number of hydrogen-bond acceptors (Lipinski definition) is 5.